The van der Waals surface area contributed by atoms with Gasteiger partial charge in [0.15, 0.2) is 0 Å². The third-order valence-electron chi connectivity index (χ3n) is 3.31. The van der Waals surface area contributed by atoms with Gasteiger partial charge in [0.05, 0.1) is 18.7 Å². The van der Waals surface area contributed by atoms with Gasteiger partial charge in [-0.25, -0.2) is 4.79 Å². The van der Waals surface area contributed by atoms with E-state index in [-0.39, 0.29) is 24.1 Å². The van der Waals surface area contributed by atoms with Gasteiger partial charge in [-0.3, -0.25) is 4.79 Å². The minimum atomic E-state index is -0.964. The fraction of sp³-hybridized carbons (Fsp3) is 0.429. The molecule has 0 aromatic heterocycles. The second-order valence-electron chi connectivity index (χ2n) is 4.76. The highest BCUT2D eigenvalue weighted by molar-refractivity contribution is 5.87. The molecule has 1 fully saturated rings. The molecule has 0 bridgehead atoms. The number of likely N-dealkylation sites (tertiary alicyclic amines) is 1. The van der Waals surface area contributed by atoms with Crippen molar-refractivity contribution in [1.29, 1.82) is 0 Å². The van der Waals surface area contributed by atoms with Gasteiger partial charge >= 0.3 is 5.97 Å². The number of piperidine rings is 1. The molecule has 1 aromatic rings. The van der Waals surface area contributed by atoms with E-state index in [2.05, 4.69) is 0 Å². The second kappa shape index (κ2) is 6.38. The zero-order valence-electron chi connectivity index (χ0n) is 11.1. The molecule has 6 nitrogen and oxygen atoms in total. The highest BCUT2D eigenvalue weighted by Gasteiger charge is 2.24. The van der Waals surface area contributed by atoms with E-state index in [1.54, 1.807) is 17.0 Å². The van der Waals surface area contributed by atoms with Crippen LogP contribution in [0.2, 0.25) is 0 Å². The third kappa shape index (κ3) is 3.48. The smallest absolute Gasteiger partial charge is 0.335 e. The Bertz CT molecular complexity index is 486. The molecule has 0 aliphatic carbocycles. The summed E-state index contributed by atoms with van der Waals surface area (Å²) in [5.41, 5.74) is 5.58. The molecule has 1 heterocycles. The molecule has 0 spiro atoms. The van der Waals surface area contributed by atoms with E-state index in [1.165, 1.54) is 12.1 Å². The normalized spacial score (nSPS) is 18.6. The number of carboxylic acids is 1. The highest BCUT2D eigenvalue weighted by Crippen LogP contribution is 2.19. The first kappa shape index (κ1) is 14.3. The van der Waals surface area contributed by atoms with Crippen molar-refractivity contribution in [2.24, 2.45) is 5.73 Å². The predicted molar refractivity (Wildman–Crippen MR) is 72.7 cm³/mol. The largest absolute Gasteiger partial charge is 0.489 e. The van der Waals surface area contributed by atoms with Crippen LogP contribution in [0.1, 0.15) is 23.2 Å². The van der Waals surface area contributed by atoms with Gasteiger partial charge in [0.2, 0.25) is 5.91 Å². The molecular formula is C14H18N2O4. The summed E-state index contributed by atoms with van der Waals surface area (Å²) in [6, 6.07) is 6.27. The van der Waals surface area contributed by atoms with E-state index in [0.717, 1.165) is 12.8 Å². The van der Waals surface area contributed by atoms with Crippen molar-refractivity contribution in [1.82, 2.24) is 4.90 Å². The molecule has 1 amide bonds. The number of aromatic carboxylic acids is 1. The minimum Gasteiger partial charge on any atom is -0.489 e. The maximum absolute atomic E-state index is 11.6. The van der Waals surface area contributed by atoms with E-state index in [1.807, 2.05) is 0 Å². The Labute approximate surface area is 117 Å². The fourth-order valence-corrected chi connectivity index (χ4v) is 2.26. The van der Waals surface area contributed by atoms with E-state index < -0.39 is 5.97 Å². The zero-order valence-corrected chi connectivity index (χ0v) is 11.1. The molecule has 1 aliphatic rings. The van der Waals surface area contributed by atoms with Crippen molar-refractivity contribution in [2.75, 3.05) is 19.6 Å². The first-order valence-electron chi connectivity index (χ1n) is 6.58. The van der Waals surface area contributed by atoms with Gasteiger partial charge < -0.3 is 20.5 Å². The number of rotatable bonds is 4. The van der Waals surface area contributed by atoms with Gasteiger partial charge in [-0.1, -0.05) is 0 Å². The van der Waals surface area contributed by atoms with Crippen LogP contribution in [0.4, 0.5) is 0 Å². The van der Waals surface area contributed by atoms with Crippen molar-refractivity contribution < 1.29 is 19.4 Å². The van der Waals surface area contributed by atoms with E-state index in [4.69, 9.17) is 15.6 Å². The summed E-state index contributed by atoms with van der Waals surface area (Å²) in [4.78, 5) is 24.0. The molecule has 6 heteroatoms. The summed E-state index contributed by atoms with van der Waals surface area (Å²) in [6.07, 6.45) is 1.67. The number of benzene rings is 1. The van der Waals surface area contributed by atoms with Gasteiger partial charge in [0.25, 0.3) is 0 Å². The molecule has 1 unspecified atom stereocenters. The molecule has 1 atom stereocenters. The molecule has 1 saturated heterocycles. The molecule has 2 rings (SSSR count). The molecular weight excluding hydrogens is 260 g/mol. The van der Waals surface area contributed by atoms with Crippen molar-refractivity contribution in [3.05, 3.63) is 29.8 Å². The number of carboxylic acid groups (broad SMARTS) is 1. The number of amides is 1. The number of hydrogen-bond acceptors (Lipinski definition) is 4. The van der Waals surface area contributed by atoms with Gasteiger partial charge in [0.1, 0.15) is 11.9 Å². The molecule has 108 valence electrons. The number of carbonyl (C=O) groups excluding carboxylic acids is 1. The Morgan fingerprint density at radius 2 is 2.05 bits per heavy atom. The van der Waals surface area contributed by atoms with Crippen LogP contribution >= 0.6 is 0 Å². The lowest BCUT2D eigenvalue weighted by Gasteiger charge is -2.32. The van der Waals surface area contributed by atoms with Crippen LogP contribution in [-0.4, -0.2) is 47.6 Å². The van der Waals surface area contributed by atoms with Crippen LogP contribution in [0.15, 0.2) is 24.3 Å². The Morgan fingerprint density at radius 1 is 1.35 bits per heavy atom. The van der Waals surface area contributed by atoms with Crippen LogP contribution in [0.3, 0.4) is 0 Å². The maximum atomic E-state index is 11.6. The Kier molecular flexibility index (Phi) is 4.57. The van der Waals surface area contributed by atoms with E-state index in [0.29, 0.717) is 18.8 Å². The number of ether oxygens (including phenoxy) is 1. The fourth-order valence-electron chi connectivity index (χ4n) is 2.26. The Hall–Kier alpha value is -2.08. The number of nitrogens with two attached hydrogens (primary N) is 1. The summed E-state index contributed by atoms with van der Waals surface area (Å²) >= 11 is 0. The molecule has 3 N–H and O–H groups in total. The number of nitrogens with zero attached hydrogens (tertiary/aromatic N) is 1. The SMILES string of the molecule is NCC(=O)N1CCCC(Oc2ccc(C(=O)O)cc2)C1. The topological polar surface area (TPSA) is 92.9 Å². The summed E-state index contributed by atoms with van der Waals surface area (Å²) in [6.45, 7) is 1.25. The van der Waals surface area contributed by atoms with E-state index in [9.17, 15) is 9.59 Å². The molecule has 1 aromatic carbocycles. The summed E-state index contributed by atoms with van der Waals surface area (Å²) in [5.74, 6) is -0.421. The Balaban J connectivity index is 1.95. The molecule has 0 radical (unpaired) electrons. The van der Waals surface area contributed by atoms with Crippen molar-refractivity contribution >= 4 is 11.9 Å². The monoisotopic (exact) mass is 278 g/mol. The van der Waals surface area contributed by atoms with Gasteiger partial charge in [0, 0.05) is 6.54 Å². The standard InChI is InChI=1S/C14H18N2O4/c15-8-13(17)16-7-1-2-12(9-16)20-11-5-3-10(4-6-11)14(18)19/h3-6,12H,1-2,7-9,15H2,(H,18,19). The highest BCUT2D eigenvalue weighted by atomic mass is 16.5. The maximum Gasteiger partial charge on any atom is 0.335 e. The van der Waals surface area contributed by atoms with Gasteiger partial charge in [-0.05, 0) is 37.1 Å². The van der Waals surface area contributed by atoms with Crippen LogP contribution in [0, 0.1) is 0 Å². The van der Waals surface area contributed by atoms with Gasteiger partial charge in [-0.15, -0.1) is 0 Å². The average Bonchev–Trinajstić information content (AvgIpc) is 2.47. The van der Waals surface area contributed by atoms with Crippen LogP contribution in [0.25, 0.3) is 0 Å². The second-order valence-corrected chi connectivity index (χ2v) is 4.76. The summed E-state index contributed by atoms with van der Waals surface area (Å²) in [7, 11) is 0. The first-order valence-corrected chi connectivity index (χ1v) is 6.58. The molecule has 20 heavy (non-hydrogen) atoms. The first-order chi connectivity index (χ1) is 9.60. The zero-order chi connectivity index (χ0) is 14.5. The number of carbonyl (C=O) groups is 2. The summed E-state index contributed by atoms with van der Waals surface area (Å²) in [5, 5.41) is 8.82. The average molecular weight is 278 g/mol. The lowest BCUT2D eigenvalue weighted by molar-refractivity contribution is -0.132. The third-order valence-corrected chi connectivity index (χ3v) is 3.31. The Morgan fingerprint density at radius 3 is 2.65 bits per heavy atom. The van der Waals surface area contributed by atoms with Crippen molar-refractivity contribution in [3.8, 4) is 5.75 Å². The predicted octanol–water partition coefficient (Wildman–Crippen LogP) is 0.713. The van der Waals surface area contributed by atoms with Gasteiger partial charge in [-0.2, -0.15) is 0 Å². The molecule has 0 saturated carbocycles. The van der Waals surface area contributed by atoms with E-state index >= 15 is 0 Å². The van der Waals surface area contributed by atoms with Crippen LogP contribution in [0.5, 0.6) is 5.75 Å². The summed E-state index contributed by atoms with van der Waals surface area (Å²) < 4.78 is 5.79. The van der Waals surface area contributed by atoms with Crippen LogP contribution in [-0.2, 0) is 4.79 Å². The lowest BCUT2D eigenvalue weighted by atomic mass is 10.1. The number of hydrogen-bond donors (Lipinski definition) is 2. The quantitative estimate of drug-likeness (QED) is 0.846. The van der Waals surface area contributed by atoms with Crippen molar-refractivity contribution in [3.63, 3.8) is 0 Å². The van der Waals surface area contributed by atoms with Crippen LogP contribution < -0.4 is 10.5 Å². The lowest BCUT2D eigenvalue weighted by Crippen LogP contribution is -2.46. The molecule has 1 aliphatic heterocycles. The van der Waals surface area contributed by atoms with Crippen molar-refractivity contribution in [2.45, 2.75) is 18.9 Å². The minimum absolute atomic E-state index is 0.0139.